The number of likely N-dealkylation sites (N-methyl/N-ethyl adjacent to an activating group) is 1. The van der Waals surface area contributed by atoms with Crippen molar-refractivity contribution in [3.8, 4) is 6.07 Å². The van der Waals surface area contributed by atoms with Crippen LogP contribution in [0.2, 0.25) is 0 Å². The van der Waals surface area contributed by atoms with Crippen LogP contribution in [-0.2, 0) is 22.4 Å². The molecule has 3 rings (SSSR count). The molecule has 8 heteroatoms. The van der Waals surface area contributed by atoms with E-state index in [0.29, 0.717) is 43.2 Å². The van der Waals surface area contributed by atoms with Gasteiger partial charge in [0, 0.05) is 37.9 Å². The largest absolute Gasteiger partial charge is 0.353 e. The second-order valence-electron chi connectivity index (χ2n) is 9.41. The second-order valence-corrected chi connectivity index (χ2v) is 9.41. The Morgan fingerprint density at radius 1 is 1.11 bits per heavy atom. The Morgan fingerprint density at radius 3 is 2.57 bits per heavy atom. The Kier molecular flexibility index (Phi) is 8.83. The van der Waals surface area contributed by atoms with Crippen LogP contribution >= 0.6 is 0 Å². The lowest BCUT2D eigenvalue weighted by Gasteiger charge is -2.30. The molecule has 35 heavy (non-hydrogen) atoms. The van der Waals surface area contributed by atoms with E-state index in [1.54, 1.807) is 35.0 Å². The van der Waals surface area contributed by atoms with Gasteiger partial charge < -0.3 is 20.4 Å². The number of nitriles is 1. The highest BCUT2D eigenvalue weighted by atomic mass is 19.1. The quantitative estimate of drug-likeness (QED) is 0.512. The number of hydrogen-bond donors (Lipinski definition) is 2. The lowest BCUT2D eigenvalue weighted by Crippen LogP contribution is -2.47. The summed E-state index contributed by atoms with van der Waals surface area (Å²) in [4.78, 5) is 29.5. The molecule has 0 aliphatic heterocycles. The summed E-state index contributed by atoms with van der Waals surface area (Å²) in [6, 6.07) is 12.4. The normalized spacial score (nSPS) is 14.4. The first-order chi connectivity index (χ1) is 16.7. The van der Waals surface area contributed by atoms with Crippen molar-refractivity contribution in [3.05, 3.63) is 64.5 Å². The van der Waals surface area contributed by atoms with Crippen molar-refractivity contribution in [2.45, 2.75) is 45.7 Å². The molecule has 7 nitrogen and oxygen atoms in total. The van der Waals surface area contributed by atoms with Gasteiger partial charge in [0.25, 0.3) is 0 Å². The molecular formula is C27H34FN5O2. The Morgan fingerprint density at radius 2 is 1.86 bits per heavy atom. The van der Waals surface area contributed by atoms with Gasteiger partial charge in [-0.2, -0.15) is 5.26 Å². The van der Waals surface area contributed by atoms with E-state index in [0.717, 1.165) is 16.7 Å². The molecule has 2 aromatic carbocycles. The highest BCUT2D eigenvalue weighted by molar-refractivity contribution is 5.87. The number of amides is 2. The summed E-state index contributed by atoms with van der Waals surface area (Å²) >= 11 is 0. The Hall–Kier alpha value is -3.44. The molecule has 0 bridgehead atoms. The lowest BCUT2D eigenvalue weighted by molar-refractivity contribution is -0.130. The SMILES string of the molecule is Cc1ccc(C#N)cc1N(CC(=O)NCCNC(C)C)CC(=O)N(C)C1Cc2ccc(F)cc2C1. The number of fused-ring (bicyclic) bond motifs is 1. The minimum Gasteiger partial charge on any atom is -0.353 e. The van der Waals surface area contributed by atoms with Crippen LogP contribution in [0.3, 0.4) is 0 Å². The Balaban J connectivity index is 1.72. The minimum absolute atomic E-state index is 0.00686. The van der Waals surface area contributed by atoms with Crippen molar-refractivity contribution in [2.24, 2.45) is 0 Å². The number of nitrogens with one attached hydrogen (secondary N) is 2. The molecule has 186 valence electrons. The molecule has 1 atom stereocenters. The summed E-state index contributed by atoms with van der Waals surface area (Å²) in [7, 11) is 1.75. The first-order valence-electron chi connectivity index (χ1n) is 12.0. The maximum absolute atomic E-state index is 13.6. The summed E-state index contributed by atoms with van der Waals surface area (Å²) in [5.74, 6) is -0.608. The molecule has 0 radical (unpaired) electrons. The summed E-state index contributed by atoms with van der Waals surface area (Å²) in [5, 5.41) is 15.5. The highest BCUT2D eigenvalue weighted by Gasteiger charge is 2.29. The maximum Gasteiger partial charge on any atom is 0.242 e. The van der Waals surface area contributed by atoms with Crippen LogP contribution in [0.4, 0.5) is 10.1 Å². The minimum atomic E-state index is -0.271. The van der Waals surface area contributed by atoms with Gasteiger partial charge in [-0.1, -0.05) is 26.0 Å². The number of carbonyl (C=O) groups is 2. The lowest BCUT2D eigenvalue weighted by atomic mass is 10.1. The Labute approximate surface area is 206 Å². The fourth-order valence-electron chi connectivity index (χ4n) is 4.35. The van der Waals surface area contributed by atoms with E-state index in [9.17, 15) is 19.2 Å². The van der Waals surface area contributed by atoms with Crippen LogP contribution in [0.15, 0.2) is 36.4 Å². The van der Waals surface area contributed by atoms with Crippen molar-refractivity contribution < 1.29 is 14.0 Å². The number of halogens is 1. The molecular weight excluding hydrogens is 445 g/mol. The maximum atomic E-state index is 13.6. The summed E-state index contributed by atoms with van der Waals surface area (Å²) in [6.45, 7) is 7.08. The molecule has 0 spiro atoms. The number of hydrogen-bond acceptors (Lipinski definition) is 5. The third-order valence-electron chi connectivity index (χ3n) is 6.36. The van der Waals surface area contributed by atoms with Gasteiger partial charge in [-0.3, -0.25) is 9.59 Å². The molecule has 0 heterocycles. The van der Waals surface area contributed by atoms with E-state index in [4.69, 9.17) is 0 Å². The zero-order valence-electron chi connectivity index (χ0n) is 20.9. The van der Waals surface area contributed by atoms with E-state index >= 15 is 0 Å². The molecule has 0 saturated carbocycles. The van der Waals surface area contributed by atoms with Gasteiger partial charge in [0.2, 0.25) is 11.8 Å². The van der Waals surface area contributed by atoms with Crippen molar-refractivity contribution >= 4 is 17.5 Å². The van der Waals surface area contributed by atoms with E-state index in [1.807, 2.05) is 26.8 Å². The van der Waals surface area contributed by atoms with E-state index < -0.39 is 0 Å². The smallest absolute Gasteiger partial charge is 0.242 e. The van der Waals surface area contributed by atoms with Crippen molar-refractivity contribution in [2.75, 3.05) is 38.1 Å². The summed E-state index contributed by atoms with van der Waals surface area (Å²) in [6.07, 6.45) is 1.27. The predicted octanol–water partition coefficient (Wildman–Crippen LogP) is 2.55. The van der Waals surface area contributed by atoms with Gasteiger partial charge in [0.15, 0.2) is 0 Å². The summed E-state index contributed by atoms with van der Waals surface area (Å²) < 4.78 is 13.6. The first kappa shape index (κ1) is 26.2. The third-order valence-corrected chi connectivity index (χ3v) is 6.36. The topological polar surface area (TPSA) is 88.5 Å². The van der Waals surface area contributed by atoms with Gasteiger partial charge >= 0.3 is 0 Å². The van der Waals surface area contributed by atoms with Gasteiger partial charge in [-0.25, -0.2) is 4.39 Å². The molecule has 2 aromatic rings. The van der Waals surface area contributed by atoms with Gasteiger partial charge in [0.05, 0.1) is 24.7 Å². The second kappa shape index (κ2) is 11.8. The molecule has 1 aliphatic carbocycles. The molecule has 0 saturated heterocycles. The van der Waals surface area contributed by atoms with Crippen LogP contribution in [0.5, 0.6) is 0 Å². The van der Waals surface area contributed by atoms with Gasteiger partial charge in [-0.05, 0) is 60.7 Å². The Bertz CT molecular complexity index is 1110. The molecule has 0 aromatic heterocycles. The molecule has 1 unspecified atom stereocenters. The van der Waals surface area contributed by atoms with Gasteiger partial charge in [-0.15, -0.1) is 0 Å². The molecule has 0 fully saturated rings. The molecule has 2 amide bonds. The fraction of sp³-hybridized carbons (Fsp3) is 0.444. The first-order valence-corrected chi connectivity index (χ1v) is 12.0. The predicted molar refractivity (Wildman–Crippen MR) is 135 cm³/mol. The zero-order chi connectivity index (χ0) is 25.5. The highest BCUT2D eigenvalue weighted by Crippen LogP contribution is 2.27. The van der Waals surface area contributed by atoms with Crippen LogP contribution in [0.1, 0.15) is 36.1 Å². The number of aryl methyl sites for hydroxylation is 1. The van der Waals surface area contributed by atoms with E-state index in [1.165, 1.54) is 12.1 Å². The average Bonchev–Trinajstić information content (AvgIpc) is 3.24. The van der Waals surface area contributed by atoms with Crippen molar-refractivity contribution in [1.29, 1.82) is 5.26 Å². The fourth-order valence-corrected chi connectivity index (χ4v) is 4.35. The van der Waals surface area contributed by atoms with Crippen molar-refractivity contribution in [3.63, 3.8) is 0 Å². The van der Waals surface area contributed by atoms with Crippen LogP contribution in [-0.4, -0.2) is 62.0 Å². The van der Waals surface area contributed by atoms with E-state index in [2.05, 4.69) is 16.7 Å². The average molecular weight is 480 g/mol. The monoisotopic (exact) mass is 479 g/mol. The summed E-state index contributed by atoms with van der Waals surface area (Å²) in [5.41, 5.74) is 4.00. The van der Waals surface area contributed by atoms with Crippen LogP contribution in [0, 0.1) is 24.1 Å². The van der Waals surface area contributed by atoms with Crippen LogP contribution < -0.4 is 15.5 Å². The van der Waals surface area contributed by atoms with Crippen molar-refractivity contribution in [1.82, 2.24) is 15.5 Å². The number of rotatable bonds is 10. The number of nitrogens with zero attached hydrogens (tertiary/aromatic N) is 3. The van der Waals surface area contributed by atoms with Gasteiger partial charge in [0.1, 0.15) is 5.82 Å². The number of benzene rings is 2. The third kappa shape index (κ3) is 7.03. The standard InChI is InChI=1S/C27H34FN5O2/c1-18(2)30-9-10-31-26(34)16-33(25-11-20(15-29)6-5-19(25)3)17-27(35)32(4)24-13-21-7-8-23(28)12-22(21)14-24/h5-8,11-12,18,24,30H,9-10,13-14,16-17H2,1-4H3,(H,31,34). The molecule has 2 N–H and O–H groups in total. The number of carbonyl (C=O) groups excluding carboxylic acids is 2. The zero-order valence-corrected chi connectivity index (χ0v) is 20.9. The number of anilines is 1. The van der Waals surface area contributed by atoms with Crippen LogP contribution in [0.25, 0.3) is 0 Å². The molecule has 1 aliphatic rings. The van der Waals surface area contributed by atoms with E-state index in [-0.39, 0.29) is 36.8 Å².